The molecule has 1 atom stereocenters. The van der Waals surface area contributed by atoms with E-state index in [0.717, 1.165) is 42.3 Å². The van der Waals surface area contributed by atoms with Crippen molar-refractivity contribution in [3.05, 3.63) is 64.5 Å². The fourth-order valence-electron chi connectivity index (χ4n) is 4.88. The molecule has 148 valence electrons. The average Bonchev–Trinajstić information content (AvgIpc) is 3.32. The Morgan fingerprint density at radius 1 is 1.10 bits per heavy atom. The lowest BCUT2D eigenvalue weighted by atomic mass is 9.87. The van der Waals surface area contributed by atoms with Gasteiger partial charge in [0, 0.05) is 37.3 Å². The molecule has 0 N–H and O–H groups in total. The molecule has 0 radical (unpaired) electrons. The molecule has 0 saturated carbocycles. The molecule has 1 aromatic heterocycles. The number of ketones is 1. The van der Waals surface area contributed by atoms with Gasteiger partial charge in [-0.3, -0.25) is 14.3 Å². The van der Waals surface area contributed by atoms with Gasteiger partial charge in [0.05, 0.1) is 0 Å². The molecule has 2 heterocycles. The zero-order valence-corrected chi connectivity index (χ0v) is 16.9. The van der Waals surface area contributed by atoms with Crippen molar-refractivity contribution in [2.45, 2.75) is 32.6 Å². The van der Waals surface area contributed by atoms with Crippen molar-refractivity contribution in [3.63, 3.8) is 0 Å². The van der Waals surface area contributed by atoms with E-state index in [9.17, 15) is 9.59 Å². The lowest BCUT2D eigenvalue weighted by Crippen LogP contribution is -2.42. The van der Waals surface area contributed by atoms with Crippen molar-refractivity contribution in [1.82, 2.24) is 14.7 Å². The molecule has 2 aromatic carbocycles. The van der Waals surface area contributed by atoms with Crippen LogP contribution in [-0.4, -0.2) is 39.5 Å². The molecular formula is C24H25N3O2. The third kappa shape index (κ3) is 2.96. The summed E-state index contributed by atoms with van der Waals surface area (Å²) < 4.78 is 1.71. The van der Waals surface area contributed by atoms with Gasteiger partial charge >= 0.3 is 0 Å². The summed E-state index contributed by atoms with van der Waals surface area (Å²) in [4.78, 5) is 28.2. The third-order valence-electron chi connectivity index (χ3n) is 6.55. The molecule has 1 saturated heterocycles. The molecule has 5 rings (SSSR count). The Hall–Kier alpha value is -2.95. The first kappa shape index (κ1) is 18.1. The summed E-state index contributed by atoms with van der Waals surface area (Å²) in [6.45, 7) is 3.08. The number of piperidine rings is 1. The van der Waals surface area contributed by atoms with Crippen molar-refractivity contribution in [2.24, 2.45) is 13.0 Å². The van der Waals surface area contributed by atoms with Gasteiger partial charge in [0.2, 0.25) is 0 Å². The number of likely N-dealkylation sites (tertiary alicyclic amines) is 1. The van der Waals surface area contributed by atoms with Gasteiger partial charge in [0.1, 0.15) is 0 Å². The van der Waals surface area contributed by atoms with Gasteiger partial charge in [-0.05, 0) is 60.6 Å². The maximum absolute atomic E-state index is 13.5. The van der Waals surface area contributed by atoms with Crippen molar-refractivity contribution < 1.29 is 9.59 Å². The Balaban J connectivity index is 1.42. The maximum Gasteiger partial charge on any atom is 0.274 e. The van der Waals surface area contributed by atoms with Crippen molar-refractivity contribution in [3.8, 4) is 0 Å². The molecular weight excluding hydrogens is 362 g/mol. The lowest BCUT2D eigenvalue weighted by molar-refractivity contribution is 0.0632. The monoisotopic (exact) mass is 387 g/mol. The summed E-state index contributed by atoms with van der Waals surface area (Å²) in [7, 11) is 1.84. The minimum Gasteiger partial charge on any atom is -0.337 e. The van der Waals surface area contributed by atoms with Gasteiger partial charge in [0.25, 0.3) is 5.91 Å². The van der Waals surface area contributed by atoms with E-state index >= 15 is 0 Å². The van der Waals surface area contributed by atoms with Crippen LogP contribution in [0, 0.1) is 12.8 Å². The highest BCUT2D eigenvalue weighted by atomic mass is 16.2. The quantitative estimate of drug-likeness (QED) is 0.644. The number of carbonyl (C=O) groups excluding carboxylic acids is 2. The van der Waals surface area contributed by atoms with E-state index in [1.165, 1.54) is 16.5 Å². The normalized spacial score (nSPS) is 18.4. The predicted molar refractivity (Wildman–Crippen MR) is 112 cm³/mol. The van der Waals surface area contributed by atoms with Crippen LogP contribution in [0.15, 0.2) is 36.4 Å². The largest absolute Gasteiger partial charge is 0.337 e. The molecule has 1 amide bonds. The number of hydrogen-bond donors (Lipinski definition) is 0. The molecule has 29 heavy (non-hydrogen) atoms. The van der Waals surface area contributed by atoms with Crippen LogP contribution in [0.3, 0.4) is 0 Å². The molecule has 3 aromatic rings. The standard InChI is InChI=1S/C24H25N3O2/c1-15-13-21(25-26(15)2)24(29)27-12-4-6-18(14-27)23(28)20-11-10-17-9-8-16-5-3-7-19(20)22(16)17/h3,5,7,10-11,13,18H,4,6,8-9,12,14H2,1-2H3/t18-/m0/s1. The first-order valence-electron chi connectivity index (χ1n) is 10.4. The van der Waals surface area contributed by atoms with Gasteiger partial charge < -0.3 is 4.90 Å². The fourth-order valence-corrected chi connectivity index (χ4v) is 4.88. The SMILES string of the molecule is Cc1cc(C(=O)N2CCC[C@H](C(=O)c3ccc4c5c(cccc35)CC4)C2)nn1C. The van der Waals surface area contributed by atoms with Crippen LogP contribution in [0.1, 0.15) is 50.5 Å². The molecule has 0 spiro atoms. The smallest absolute Gasteiger partial charge is 0.274 e. The van der Waals surface area contributed by atoms with Crippen LogP contribution in [0.2, 0.25) is 0 Å². The second kappa shape index (κ2) is 6.83. The number of hydrogen-bond acceptors (Lipinski definition) is 3. The van der Waals surface area contributed by atoms with Crippen LogP contribution in [0.4, 0.5) is 0 Å². The number of aryl methyl sites for hydroxylation is 4. The van der Waals surface area contributed by atoms with E-state index in [-0.39, 0.29) is 17.6 Å². The van der Waals surface area contributed by atoms with Crippen molar-refractivity contribution in [1.29, 1.82) is 0 Å². The van der Waals surface area contributed by atoms with Crippen molar-refractivity contribution >= 4 is 22.5 Å². The highest BCUT2D eigenvalue weighted by Gasteiger charge is 2.31. The lowest BCUT2D eigenvalue weighted by Gasteiger charge is -2.31. The van der Waals surface area contributed by atoms with Crippen LogP contribution in [0.25, 0.3) is 10.8 Å². The highest BCUT2D eigenvalue weighted by Crippen LogP contribution is 2.34. The predicted octanol–water partition coefficient (Wildman–Crippen LogP) is 3.72. The zero-order valence-electron chi connectivity index (χ0n) is 16.9. The Morgan fingerprint density at radius 2 is 1.90 bits per heavy atom. The number of nitrogens with zero attached hydrogens (tertiary/aromatic N) is 3. The summed E-state index contributed by atoms with van der Waals surface area (Å²) in [5.41, 5.74) is 4.91. The molecule has 1 aliphatic heterocycles. The number of aromatic nitrogens is 2. The molecule has 1 aliphatic carbocycles. The topological polar surface area (TPSA) is 55.2 Å². The fraction of sp³-hybridized carbons (Fsp3) is 0.375. The van der Waals surface area contributed by atoms with Crippen LogP contribution < -0.4 is 0 Å². The number of amides is 1. The number of carbonyl (C=O) groups is 2. The van der Waals surface area contributed by atoms with E-state index < -0.39 is 0 Å². The van der Waals surface area contributed by atoms with Crippen LogP contribution in [0.5, 0.6) is 0 Å². The zero-order chi connectivity index (χ0) is 20.1. The molecule has 5 nitrogen and oxygen atoms in total. The van der Waals surface area contributed by atoms with Gasteiger partial charge in [-0.15, -0.1) is 0 Å². The molecule has 1 fully saturated rings. The number of Topliss-reactive ketones (excluding diaryl/α,β-unsaturated/α-hetero) is 1. The summed E-state index contributed by atoms with van der Waals surface area (Å²) in [5, 5.41) is 6.67. The second-order valence-electron chi connectivity index (χ2n) is 8.36. The molecule has 0 bridgehead atoms. The number of rotatable bonds is 3. The Labute approximate surface area is 170 Å². The minimum absolute atomic E-state index is 0.0772. The third-order valence-corrected chi connectivity index (χ3v) is 6.55. The highest BCUT2D eigenvalue weighted by molar-refractivity contribution is 6.11. The van der Waals surface area contributed by atoms with E-state index in [1.807, 2.05) is 26.1 Å². The van der Waals surface area contributed by atoms with Crippen LogP contribution in [-0.2, 0) is 19.9 Å². The Morgan fingerprint density at radius 3 is 2.66 bits per heavy atom. The second-order valence-corrected chi connectivity index (χ2v) is 8.36. The molecule has 2 aliphatic rings. The van der Waals surface area contributed by atoms with Crippen molar-refractivity contribution in [2.75, 3.05) is 13.1 Å². The van der Waals surface area contributed by atoms with Gasteiger partial charge in [-0.1, -0.05) is 30.3 Å². The van der Waals surface area contributed by atoms with Gasteiger partial charge in [0.15, 0.2) is 11.5 Å². The van der Waals surface area contributed by atoms with Crippen LogP contribution >= 0.6 is 0 Å². The number of benzene rings is 2. The summed E-state index contributed by atoms with van der Waals surface area (Å²) in [5.74, 6) is -0.0714. The summed E-state index contributed by atoms with van der Waals surface area (Å²) in [6, 6.07) is 12.2. The van der Waals surface area contributed by atoms with E-state index in [0.29, 0.717) is 18.8 Å². The van der Waals surface area contributed by atoms with Gasteiger partial charge in [-0.25, -0.2) is 0 Å². The minimum atomic E-state index is -0.157. The maximum atomic E-state index is 13.5. The first-order valence-corrected chi connectivity index (χ1v) is 10.4. The van der Waals surface area contributed by atoms with E-state index in [1.54, 1.807) is 9.58 Å². The molecule has 5 heteroatoms. The first-order chi connectivity index (χ1) is 14.0. The summed E-state index contributed by atoms with van der Waals surface area (Å²) in [6.07, 6.45) is 3.78. The van der Waals surface area contributed by atoms with Gasteiger partial charge in [-0.2, -0.15) is 5.10 Å². The molecule has 0 unspecified atom stereocenters. The van der Waals surface area contributed by atoms with E-state index in [2.05, 4.69) is 29.4 Å². The Kier molecular flexibility index (Phi) is 4.26. The average molecular weight is 387 g/mol. The summed E-state index contributed by atoms with van der Waals surface area (Å²) >= 11 is 0. The van der Waals surface area contributed by atoms with E-state index in [4.69, 9.17) is 0 Å². The Bertz CT molecular complexity index is 1110.